The van der Waals surface area contributed by atoms with Gasteiger partial charge in [-0.1, -0.05) is 99.2 Å². The van der Waals surface area contributed by atoms with E-state index < -0.39 is 41.1 Å². The fourth-order valence-corrected chi connectivity index (χ4v) is 5.78. The van der Waals surface area contributed by atoms with Crippen molar-refractivity contribution in [2.75, 3.05) is 0 Å². The SMILES string of the molecule is O=C(O)CCC(CCCCCC(C(=O)O)c1ccccc1)(CCCCCC(C(=O)O)c1ccccc1)CCC(=O)O. The van der Waals surface area contributed by atoms with Crippen LogP contribution in [0.25, 0.3) is 0 Å². The quantitative estimate of drug-likeness (QED) is 0.108. The third-order valence-corrected chi connectivity index (χ3v) is 8.14. The molecule has 0 radical (unpaired) electrons. The summed E-state index contributed by atoms with van der Waals surface area (Å²) in [4.78, 5) is 46.5. The zero-order chi connectivity index (χ0) is 30.1. The second-order valence-electron chi connectivity index (χ2n) is 11.1. The Labute approximate surface area is 242 Å². The van der Waals surface area contributed by atoms with Crippen molar-refractivity contribution in [3.05, 3.63) is 71.8 Å². The minimum atomic E-state index is -0.913. The molecule has 0 saturated carbocycles. The van der Waals surface area contributed by atoms with Gasteiger partial charge in [-0.25, -0.2) is 0 Å². The first-order valence-electron chi connectivity index (χ1n) is 14.6. The second-order valence-corrected chi connectivity index (χ2v) is 11.1. The number of rotatable bonds is 22. The van der Waals surface area contributed by atoms with Crippen LogP contribution in [0.4, 0.5) is 0 Å². The molecule has 2 aromatic carbocycles. The van der Waals surface area contributed by atoms with E-state index in [-0.39, 0.29) is 12.8 Å². The molecule has 0 aliphatic heterocycles. The lowest BCUT2D eigenvalue weighted by Crippen LogP contribution is -2.24. The van der Waals surface area contributed by atoms with Crippen LogP contribution in [0.2, 0.25) is 0 Å². The second kappa shape index (κ2) is 17.9. The number of hydrogen-bond donors (Lipinski definition) is 4. The minimum absolute atomic E-state index is 0.0379. The largest absolute Gasteiger partial charge is 0.481 e. The Balaban J connectivity index is 1.96. The first-order chi connectivity index (χ1) is 19.6. The summed E-state index contributed by atoms with van der Waals surface area (Å²) in [6, 6.07) is 18.3. The summed E-state index contributed by atoms with van der Waals surface area (Å²) >= 11 is 0. The Morgan fingerprint density at radius 2 is 0.878 bits per heavy atom. The van der Waals surface area contributed by atoms with Gasteiger partial charge in [0.05, 0.1) is 11.8 Å². The molecular weight excluding hydrogens is 524 g/mol. The van der Waals surface area contributed by atoms with Crippen molar-refractivity contribution in [2.24, 2.45) is 5.41 Å². The van der Waals surface area contributed by atoms with E-state index in [1.165, 1.54) is 0 Å². The Morgan fingerprint density at radius 1 is 0.512 bits per heavy atom. The maximum Gasteiger partial charge on any atom is 0.310 e. The summed E-state index contributed by atoms with van der Waals surface area (Å²) in [7, 11) is 0. The molecule has 0 aliphatic carbocycles. The normalized spacial score (nSPS) is 12.9. The highest BCUT2D eigenvalue weighted by atomic mass is 16.4. The highest BCUT2D eigenvalue weighted by Crippen LogP contribution is 2.41. The maximum absolute atomic E-state index is 11.8. The third-order valence-electron chi connectivity index (χ3n) is 8.14. The van der Waals surface area contributed by atoms with Gasteiger partial charge in [0, 0.05) is 12.8 Å². The molecular formula is C33H44O8. The molecule has 224 valence electrons. The Bertz CT molecular complexity index is 995. The Hall–Kier alpha value is -3.68. The Morgan fingerprint density at radius 3 is 1.20 bits per heavy atom. The van der Waals surface area contributed by atoms with Crippen LogP contribution in [-0.4, -0.2) is 44.3 Å². The monoisotopic (exact) mass is 568 g/mol. The summed E-state index contributed by atoms with van der Waals surface area (Å²) in [5, 5.41) is 38.1. The van der Waals surface area contributed by atoms with Gasteiger partial charge in [-0.2, -0.15) is 0 Å². The molecule has 2 unspecified atom stereocenters. The van der Waals surface area contributed by atoms with Crippen LogP contribution < -0.4 is 0 Å². The fraction of sp³-hybridized carbons (Fsp3) is 0.515. The van der Waals surface area contributed by atoms with E-state index in [0.29, 0.717) is 51.4 Å². The van der Waals surface area contributed by atoms with Gasteiger partial charge in [-0.05, 0) is 55.1 Å². The molecule has 0 fully saturated rings. The first-order valence-corrected chi connectivity index (χ1v) is 14.6. The molecule has 8 nitrogen and oxygen atoms in total. The van der Waals surface area contributed by atoms with Gasteiger partial charge in [0.25, 0.3) is 0 Å². The number of carbonyl (C=O) groups is 4. The van der Waals surface area contributed by atoms with E-state index in [2.05, 4.69) is 0 Å². The molecule has 41 heavy (non-hydrogen) atoms. The van der Waals surface area contributed by atoms with Crippen LogP contribution in [0.3, 0.4) is 0 Å². The third kappa shape index (κ3) is 12.6. The van der Waals surface area contributed by atoms with Crippen LogP contribution in [0.15, 0.2) is 60.7 Å². The molecule has 2 rings (SSSR count). The van der Waals surface area contributed by atoms with Crippen molar-refractivity contribution in [3.8, 4) is 0 Å². The topological polar surface area (TPSA) is 149 Å². The number of carboxylic acid groups (broad SMARTS) is 4. The molecule has 0 heterocycles. The summed E-state index contributed by atoms with van der Waals surface area (Å²) in [6.45, 7) is 0. The van der Waals surface area contributed by atoms with E-state index in [1.807, 2.05) is 60.7 Å². The predicted octanol–water partition coefficient (Wildman–Crippen LogP) is 7.34. The van der Waals surface area contributed by atoms with Crippen molar-refractivity contribution in [2.45, 2.75) is 102 Å². The standard InChI is InChI=1S/C33H44O8/c34-29(35)19-23-33(24-20-30(36)37,21-11-3-9-17-27(31(38)39)25-13-5-1-6-14-25)22-12-4-10-18-28(32(40)41)26-15-7-2-8-16-26/h1-2,5-8,13-16,27-28H,3-4,9-12,17-24H2,(H,34,35)(H,36,37)(H,38,39)(H,40,41). The summed E-state index contributed by atoms with van der Waals surface area (Å²) in [5.41, 5.74) is 1.11. The molecule has 0 aromatic heterocycles. The average molecular weight is 569 g/mol. The highest BCUT2D eigenvalue weighted by Gasteiger charge is 2.31. The molecule has 0 aliphatic rings. The van der Waals surface area contributed by atoms with Crippen molar-refractivity contribution in [1.82, 2.24) is 0 Å². The van der Waals surface area contributed by atoms with Gasteiger partial charge >= 0.3 is 23.9 Å². The number of hydrogen-bond acceptors (Lipinski definition) is 4. The number of benzene rings is 2. The molecule has 0 spiro atoms. The molecule has 0 amide bonds. The molecule has 8 heteroatoms. The zero-order valence-corrected chi connectivity index (χ0v) is 23.7. The van der Waals surface area contributed by atoms with Gasteiger partial charge < -0.3 is 20.4 Å². The van der Waals surface area contributed by atoms with E-state index in [9.17, 15) is 39.6 Å². The van der Waals surface area contributed by atoms with Gasteiger partial charge in [-0.3, -0.25) is 19.2 Å². The smallest absolute Gasteiger partial charge is 0.310 e. The van der Waals surface area contributed by atoms with Crippen LogP contribution in [0, 0.1) is 5.41 Å². The van der Waals surface area contributed by atoms with Crippen LogP contribution in [0.1, 0.15) is 113 Å². The fourth-order valence-electron chi connectivity index (χ4n) is 5.78. The van der Waals surface area contributed by atoms with Crippen molar-refractivity contribution < 1.29 is 39.6 Å². The number of unbranched alkanes of at least 4 members (excludes halogenated alkanes) is 4. The predicted molar refractivity (Wildman–Crippen MR) is 156 cm³/mol. The number of aliphatic carboxylic acids is 4. The van der Waals surface area contributed by atoms with E-state index in [1.54, 1.807) is 0 Å². The number of carboxylic acids is 4. The van der Waals surface area contributed by atoms with Crippen molar-refractivity contribution >= 4 is 23.9 Å². The minimum Gasteiger partial charge on any atom is -0.481 e. The molecule has 2 atom stereocenters. The summed E-state index contributed by atoms with van der Waals surface area (Å²) < 4.78 is 0. The molecule has 0 bridgehead atoms. The lowest BCUT2D eigenvalue weighted by Gasteiger charge is -2.34. The summed E-state index contributed by atoms with van der Waals surface area (Å²) in [6.07, 6.45) is 7.54. The van der Waals surface area contributed by atoms with Crippen molar-refractivity contribution in [3.63, 3.8) is 0 Å². The molecule has 0 saturated heterocycles. The average Bonchev–Trinajstić information content (AvgIpc) is 2.94. The van der Waals surface area contributed by atoms with E-state index in [4.69, 9.17) is 0 Å². The highest BCUT2D eigenvalue weighted by molar-refractivity contribution is 5.76. The lowest BCUT2D eigenvalue weighted by atomic mass is 9.71. The van der Waals surface area contributed by atoms with Crippen LogP contribution in [-0.2, 0) is 19.2 Å². The molecule has 2 aromatic rings. The summed E-state index contributed by atoms with van der Waals surface area (Å²) in [5.74, 6) is -4.69. The lowest BCUT2D eigenvalue weighted by molar-refractivity contribution is -0.140. The van der Waals surface area contributed by atoms with Crippen molar-refractivity contribution in [1.29, 1.82) is 0 Å². The van der Waals surface area contributed by atoms with Crippen LogP contribution in [0.5, 0.6) is 0 Å². The van der Waals surface area contributed by atoms with E-state index >= 15 is 0 Å². The van der Waals surface area contributed by atoms with Gasteiger partial charge in [0.1, 0.15) is 0 Å². The zero-order valence-electron chi connectivity index (χ0n) is 23.7. The van der Waals surface area contributed by atoms with Crippen LogP contribution >= 0.6 is 0 Å². The van der Waals surface area contributed by atoms with Gasteiger partial charge in [-0.15, -0.1) is 0 Å². The van der Waals surface area contributed by atoms with Gasteiger partial charge in [0.2, 0.25) is 0 Å². The molecule has 4 N–H and O–H groups in total. The van der Waals surface area contributed by atoms with E-state index in [0.717, 1.165) is 36.8 Å². The Kier molecular flexibility index (Phi) is 14.6. The first kappa shape index (κ1) is 33.5. The van der Waals surface area contributed by atoms with Gasteiger partial charge in [0.15, 0.2) is 0 Å². The maximum atomic E-state index is 11.8.